The zero-order chi connectivity index (χ0) is 15.9. The van der Waals surface area contributed by atoms with E-state index < -0.39 is 0 Å². The van der Waals surface area contributed by atoms with Crippen LogP contribution in [0.4, 0.5) is 5.69 Å². The average molecular weight is 320 g/mol. The van der Waals surface area contributed by atoms with Crippen LogP contribution in [0.3, 0.4) is 0 Å². The molecule has 0 bridgehead atoms. The maximum atomic E-state index is 11.7. The molecule has 0 aliphatic heterocycles. The Bertz CT molecular complexity index is 658. The number of carbonyl (C=O) groups is 1. The second-order valence-electron chi connectivity index (χ2n) is 4.72. The van der Waals surface area contributed by atoms with Crippen molar-refractivity contribution in [3.05, 3.63) is 58.6 Å². The molecule has 0 saturated carbocycles. The van der Waals surface area contributed by atoms with Gasteiger partial charge in [-0.15, -0.1) is 0 Å². The predicted octanol–water partition coefficient (Wildman–Crippen LogP) is 3.93. The van der Waals surface area contributed by atoms with Crippen LogP contribution in [0.1, 0.15) is 15.9 Å². The monoisotopic (exact) mass is 319 g/mol. The van der Waals surface area contributed by atoms with Gasteiger partial charge in [-0.05, 0) is 42.8 Å². The zero-order valence-electron chi connectivity index (χ0n) is 12.6. The quantitative estimate of drug-likeness (QED) is 0.647. The Kier molecular flexibility index (Phi) is 5.67. The number of rotatable bonds is 6. The van der Waals surface area contributed by atoms with Gasteiger partial charge in [0.05, 0.1) is 12.7 Å². The molecule has 0 amide bonds. The number of methoxy groups -OCH3 is 1. The number of esters is 1. The molecule has 0 heterocycles. The number of halogens is 1. The van der Waals surface area contributed by atoms with Crippen molar-refractivity contribution in [1.29, 1.82) is 0 Å². The summed E-state index contributed by atoms with van der Waals surface area (Å²) in [5.74, 6) is 0.405. The summed E-state index contributed by atoms with van der Waals surface area (Å²) in [6.45, 7) is 2.96. The number of benzene rings is 2. The fourth-order valence-corrected chi connectivity index (χ4v) is 2.10. The van der Waals surface area contributed by atoms with Crippen LogP contribution in [-0.2, 0) is 4.74 Å². The Morgan fingerprint density at radius 2 is 2.00 bits per heavy atom. The number of para-hydroxylation sites is 1. The third kappa shape index (κ3) is 4.15. The van der Waals surface area contributed by atoms with Gasteiger partial charge in [-0.25, -0.2) is 4.79 Å². The lowest BCUT2D eigenvalue weighted by Crippen LogP contribution is -2.14. The lowest BCUT2D eigenvalue weighted by atomic mass is 10.2. The second kappa shape index (κ2) is 7.71. The topological polar surface area (TPSA) is 47.6 Å². The van der Waals surface area contributed by atoms with Crippen LogP contribution in [-0.4, -0.2) is 26.2 Å². The third-order valence-corrected chi connectivity index (χ3v) is 3.57. The highest BCUT2D eigenvalue weighted by molar-refractivity contribution is 6.31. The summed E-state index contributed by atoms with van der Waals surface area (Å²) in [6.07, 6.45) is 0. The number of hydrogen-bond donors (Lipinski definition) is 1. The van der Waals surface area contributed by atoms with Gasteiger partial charge >= 0.3 is 5.97 Å². The molecule has 0 aliphatic rings. The van der Waals surface area contributed by atoms with Crippen molar-refractivity contribution in [3.8, 4) is 5.75 Å². The van der Waals surface area contributed by atoms with Gasteiger partial charge in [-0.2, -0.15) is 0 Å². The van der Waals surface area contributed by atoms with Gasteiger partial charge < -0.3 is 14.8 Å². The fourth-order valence-electron chi connectivity index (χ4n) is 1.99. The largest absolute Gasteiger partial charge is 0.492 e. The number of nitrogens with one attached hydrogen (secondary N) is 1. The van der Waals surface area contributed by atoms with Gasteiger partial charge in [0.25, 0.3) is 0 Å². The average Bonchev–Trinajstić information content (AvgIpc) is 2.54. The molecule has 0 atom stereocenters. The molecule has 0 saturated heterocycles. The van der Waals surface area contributed by atoms with Crippen molar-refractivity contribution in [2.45, 2.75) is 6.92 Å². The molecule has 1 N–H and O–H groups in total. The number of anilines is 1. The van der Waals surface area contributed by atoms with Crippen LogP contribution in [0.15, 0.2) is 42.5 Å². The molecule has 2 aromatic carbocycles. The number of ether oxygens (including phenoxy) is 2. The van der Waals surface area contributed by atoms with Crippen molar-refractivity contribution >= 4 is 23.3 Å². The summed E-state index contributed by atoms with van der Waals surface area (Å²) < 4.78 is 10.4. The molecular weight excluding hydrogens is 302 g/mol. The van der Waals surface area contributed by atoms with E-state index in [-0.39, 0.29) is 5.97 Å². The maximum Gasteiger partial charge on any atom is 0.339 e. The van der Waals surface area contributed by atoms with Crippen molar-refractivity contribution in [3.63, 3.8) is 0 Å². The standard InChI is InChI=1S/C17H18ClNO3/c1-12-11-13(7-8-15(12)18)22-10-9-19-16-6-4-3-5-14(16)17(20)21-2/h3-8,11,19H,9-10H2,1-2H3. The van der Waals surface area contributed by atoms with Crippen LogP contribution < -0.4 is 10.1 Å². The Morgan fingerprint density at radius 3 is 2.73 bits per heavy atom. The van der Waals surface area contributed by atoms with Crippen molar-refractivity contribution in [1.82, 2.24) is 0 Å². The minimum atomic E-state index is -0.364. The van der Waals surface area contributed by atoms with E-state index in [0.717, 1.165) is 22.0 Å². The summed E-state index contributed by atoms with van der Waals surface area (Å²) in [5.41, 5.74) is 2.21. The zero-order valence-corrected chi connectivity index (χ0v) is 13.3. The van der Waals surface area contributed by atoms with Crippen LogP contribution in [0, 0.1) is 6.92 Å². The van der Waals surface area contributed by atoms with Crippen molar-refractivity contribution in [2.24, 2.45) is 0 Å². The molecule has 116 valence electrons. The van der Waals surface area contributed by atoms with Gasteiger partial charge in [0, 0.05) is 17.3 Å². The molecule has 5 heteroatoms. The van der Waals surface area contributed by atoms with Crippen LogP contribution in [0.5, 0.6) is 5.75 Å². The normalized spacial score (nSPS) is 10.1. The molecule has 0 fully saturated rings. The molecule has 0 spiro atoms. The first-order chi connectivity index (χ1) is 10.6. The highest BCUT2D eigenvalue weighted by atomic mass is 35.5. The first kappa shape index (κ1) is 16.2. The van der Waals surface area contributed by atoms with Crippen LogP contribution in [0.25, 0.3) is 0 Å². The van der Waals surface area contributed by atoms with Gasteiger partial charge in [0.1, 0.15) is 12.4 Å². The first-order valence-corrected chi connectivity index (χ1v) is 7.30. The molecule has 2 rings (SSSR count). The fraction of sp³-hybridized carbons (Fsp3) is 0.235. The Labute approximate surface area is 135 Å². The molecule has 0 radical (unpaired) electrons. The summed E-state index contributed by atoms with van der Waals surface area (Å²) in [5, 5.41) is 3.89. The van der Waals surface area contributed by atoms with E-state index in [0.29, 0.717) is 18.7 Å². The SMILES string of the molecule is COC(=O)c1ccccc1NCCOc1ccc(Cl)c(C)c1. The van der Waals surface area contributed by atoms with Gasteiger partial charge in [-0.1, -0.05) is 23.7 Å². The minimum Gasteiger partial charge on any atom is -0.492 e. The summed E-state index contributed by atoms with van der Waals surface area (Å²) in [7, 11) is 1.37. The van der Waals surface area contributed by atoms with E-state index in [4.69, 9.17) is 21.1 Å². The number of aryl methyl sites for hydroxylation is 1. The van der Waals surface area contributed by atoms with Crippen molar-refractivity contribution < 1.29 is 14.3 Å². The predicted molar refractivity (Wildman–Crippen MR) is 88.0 cm³/mol. The molecule has 0 aromatic heterocycles. The highest BCUT2D eigenvalue weighted by Crippen LogP contribution is 2.21. The molecule has 2 aromatic rings. The van der Waals surface area contributed by atoms with E-state index in [9.17, 15) is 4.79 Å². The number of carbonyl (C=O) groups excluding carboxylic acids is 1. The first-order valence-electron chi connectivity index (χ1n) is 6.92. The van der Waals surface area contributed by atoms with E-state index >= 15 is 0 Å². The number of hydrogen-bond acceptors (Lipinski definition) is 4. The third-order valence-electron chi connectivity index (χ3n) is 3.15. The van der Waals surface area contributed by atoms with Gasteiger partial charge in [0.15, 0.2) is 0 Å². The van der Waals surface area contributed by atoms with Gasteiger partial charge in [-0.3, -0.25) is 0 Å². The molecule has 0 unspecified atom stereocenters. The Balaban J connectivity index is 1.89. The van der Waals surface area contributed by atoms with Crippen LogP contribution in [0.2, 0.25) is 5.02 Å². The summed E-state index contributed by atoms with van der Waals surface area (Å²) >= 11 is 5.97. The Morgan fingerprint density at radius 1 is 1.23 bits per heavy atom. The second-order valence-corrected chi connectivity index (χ2v) is 5.13. The van der Waals surface area contributed by atoms with E-state index in [2.05, 4.69) is 5.32 Å². The molecule has 22 heavy (non-hydrogen) atoms. The summed E-state index contributed by atoms with van der Waals surface area (Å²) in [4.78, 5) is 11.7. The van der Waals surface area contributed by atoms with Crippen LogP contribution >= 0.6 is 11.6 Å². The molecule has 0 aliphatic carbocycles. The minimum absolute atomic E-state index is 0.364. The lowest BCUT2D eigenvalue weighted by molar-refractivity contribution is 0.0602. The van der Waals surface area contributed by atoms with E-state index in [1.807, 2.05) is 37.3 Å². The summed E-state index contributed by atoms with van der Waals surface area (Å²) in [6, 6.07) is 12.7. The lowest BCUT2D eigenvalue weighted by Gasteiger charge is -2.12. The highest BCUT2D eigenvalue weighted by Gasteiger charge is 2.10. The van der Waals surface area contributed by atoms with Gasteiger partial charge in [0.2, 0.25) is 0 Å². The van der Waals surface area contributed by atoms with Crippen molar-refractivity contribution in [2.75, 3.05) is 25.6 Å². The smallest absolute Gasteiger partial charge is 0.339 e. The molecule has 4 nitrogen and oxygen atoms in total. The van der Waals surface area contributed by atoms with E-state index in [1.54, 1.807) is 12.1 Å². The Hall–Kier alpha value is -2.20. The maximum absolute atomic E-state index is 11.7. The molecular formula is C17H18ClNO3. The van der Waals surface area contributed by atoms with E-state index in [1.165, 1.54) is 7.11 Å².